The Hall–Kier alpha value is -2.27. The van der Waals surface area contributed by atoms with Gasteiger partial charge in [0.15, 0.2) is 0 Å². The predicted molar refractivity (Wildman–Crippen MR) is 77.0 cm³/mol. The molecule has 0 amide bonds. The van der Waals surface area contributed by atoms with Crippen LogP contribution in [0.2, 0.25) is 0 Å². The molecule has 2 heterocycles. The average molecular weight is 268 g/mol. The summed E-state index contributed by atoms with van der Waals surface area (Å²) in [6.45, 7) is 4.03. The van der Waals surface area contributed by atoms with Gasteiger partial charge in [0.05, 0.1) is 11.6 Å². The number of para-hydroxylation sites is 1. The molecule has 0 saturated heterocycles. The highest BCUT2D eigenvalue weighted by molar-refractivity contribution is 5.84. The third kappa shape index (κ3) is 2.16. The fourth-order valence-electron chi connectivity index (χ4n) is 2.13. The zero-order valence-electron chi connectivity index (χ0n) is 11.5. The van der Waals surface area contributed by atoms with Gasteiger partial charge in [0, 0.05) is 5.39 Å². The van der Waals surface area contributed by atoms with Gasteiger partial charge in [0.1, 0.15) is 5.69 Å². The van der Waals surface area contributed by atoms with Crippen LogP contribution in [0.4, 0.5) is 0 Å². The quantitative estimate of drug-likeness (QED) is 0.790. The maximum atomic E-state index is 5.89. The van der Waals surface area contributed by atoms with Crippen LogP contribution in [0, 0.1) is 6.92 Å². The second kappa shape index (κ2) is 5.02. The van der Waals surface area contributed by atoms with Crippen molar-refractivity contribution in [1.82, 2.24) is 15.1 Å². The maximum absolute atomic E-state index is 5.89. The Morgan fingerprint density at radius 2 is 2.05 bits per heavy atom. The van der Waals surface area contributed by atoms with Gasteiger partial charge in [-0.15, -0.1) is 0 Å². The van der Waals surface area contributed by atoms with Gasteiger partial charge in [0.2, 0.25) is 11.7 Å². The molecule has 0 aliphatic rings. The van der Waals surface area contributed by atoms with Crippen LogP contribution in [0.1, 0.15) is 30.8 Å². The van der Waals surface area contributed by atoms with Crippen molar-refractivity contribution in [3.05, 3.63) is 41.8 Å². The van der Waals surface area contributed by atoms with Crippen LogP contribution >= 0.6 is 0 Å². The number of nitrogens with zero attached hydrogens (tertiary/aromatic N) is 3. The molecule has 1 atom stereocenters. The number of hydrogen-bond acceptors (Lipinski definition) is 5. The van der Waals surface area contributed by atoms with Crippen molar-refractivity contribution in [1.29, 1.82) is 0 Å². The fraction of sp³-hybridized carbons (Fsp3) is 0.267. The van der Waals surface area contributed by atoms with Crippen molar-refractivity contribution in [2.45, 2.75) is 26.3 Å². The lowest BCUT2D eigenvalue weighted by molar-refractivity contribution is 0.352. The Morgan fingerprint density at radius 3 is 2.85 bits per heavy atom. The van der Waals surface area contributed by atoms with Crippen LogP contribution in [0.25, 0.3) is 22.4 Å². The second-order valence-electron chi connectivity index (χ2n) is 4.81. The Kier molecular flexibility index (Phi) is 3.20. The van der Waals surface area contributed by atoms with Gasteiger partial charge < -0.3 is 10.3 Å². The van der Waals surface area contributed by atoms with Gasteiger partial charge >= 0.3 is 0 Å². The first-order valence-electron chi connectivity index (χ1n) is 6.65. The minimum absolute atomic E-state index is 0.224. The van der Waals surface area contributed by atoms with Crippen molar-refractivity contribution in [2.75, 3.05) is 0 Å². The van der Waals surface area contributed by atoms with E-state index in [1.54, 1.807) is 0 Å². The highest BCUT2D eigenvalue weighted by Crippen LogP contribution is 2.23. The van der Waals surface area contributed by atoms with Crippen LogP contribution in [0.15, 0.2) is 34.9 Å². The summed E-state index contributed by atoms with van der Waals surface area (Å²) >= 11 is 0. The normalized spacial score (nSPS) is 12.8. The first kappa shape index (κ1) is 12.7. The third-order valence-corrected chi connectivity index (χ3v) is 3.35. The zero-order chi connectivity index (χ0) is 14.1. The maximum Gasteiger partial charge on any atom is 0.243 e. The van der Waals surface area contributed by atoms with Gasteiger partial charge in [-0.05, 0) is 31.0 Å². The summed E-state index contributed by atoms with van der Waals surface area (Å²) in [6.07, 6.45) is 0.756. The van der Waals surface area contributed by atoms with Crippen LogP contribution in [0.3, 0.4) is 0 Å². The van der Waals surface area contributed by atoms with Crippen molar-refractivity contribution < 1.29 is 4.52 Å². The second-order valence-corrected chi connectivity index (χ2v) is 4.81. The molecular formula is C15H16N4O. The van der Waals surface area contributed by atoms with E-state index < -0.39 is 0 Å². The van der Waals surface area contributed by atoms with Crippen molar-refractivity contribution in [3.63, 3.8) is 0 Å². The van der Waals surface area contributed by atoms with Crippen LogP contribution in [-0.4, -0.2) is 15.1 Å². The van der Waals surface area contributed by atoms with Gasteiger partial charge in [-0.2, -0.15) is 4.98 Å². The monoisotopic (exact) mass is 268 g/mol. The molecule has 2 aromatic heterocycles. The highest BCUT2D eigenvalue weighted by Gasteiger charge is 2.15. The molecule has 3 aromatic rings. The first-order valence-corrected chi connectivity index (χ1v) is 6.65. The van der Waals surface area contributed by atoms with E-state index in [1.165, 1.54) is 0 Å². The number of hydrogen-bond donors (Lipinski definition) is 1. The summed E-state index contributed by atoms with van der Waals surface area (Å²) in [5.41, 5.74) is 8.66. The number of benzene rings is 1. The molecule has 20 heavy (non-hydrogen) atoms. The molecule has 0 saturated carbocycles. The third-order valence-electron chi connectivity index (χ3n) is 3.35. The standard InChI is InChI=1S/C15H16N4O/c1-3-11(16)15-18-14(19-20-15)13-8-9(2)10-6-4-5-7-12(10)17-13/h4-8,11H,3,16H2,1-2H3. The number of pyridine rings is 1. The summed E-state index contributed by atoms with van der Waals surface area (Å²) in [4.78, 5) is 8.91. The SMILES string of the molecule is CCC(N)c1nc(-c2cc(C)c3ccccc3n2)no1. The molecule has 0 spiro atoms. The van der Waals surface area contributed by atoms with Crippen molar-refractivity contribution in [2.24, 2.45) is 5.73 Å². The van der Waals surface area contributed by atoms with Crippen molar-refractivity contribution >= 4 is 10.9 Å². The Morgan fingerprint density at radius 1 is 1.25 bits per heavy atom. The summed E-state index contributed by atoms with van der Waals surface area (Å²) in [6, 6.07) is 9.74. The lowest BCUT2D eigenvalue weighted by atomic mass is 10.1. The molecule has 0 aliphatic carbocycles. The Labute approximate surface area is 116 Å². The van der Waals surface area contributed by atoms with E-state index in [1.807, 2.05) is 38.1 Å². The van der Waals surface area contributed by atoms with E-state index in [4.69, 9.17) is 10.3 Å². The van der Waals surface area contributed by atoms with Gasteiger partial charge in [-0.3, -0.25) is 0 Å². The number of aromatic nitrogens is 3. The molecule has 1 unspecified atom stereocenters. The molecule has 102 valence electrons. The van der Waals surface area contributed by atoms with E-state index in [0.29, 0.717) is 17.4 Å². The largest absolute Gasteiger partial charge is 0.337 e. The minimum Gasteiger partial charge on any atom is -0.337 e. The van der Waals surface area contributed by atoms with Crippen LogP contribution in [-0.2, 0) is 0 Å². The summed E-state index contributed by atoms with van der Waals surface area (Å²) in [5, 5.41) is 5.10. The average Bonchev–Trinajstić information content (AvgIpc) is 2.96. The fourth-order valence-corrected chi connectivity index (χ4v) is 2.13. The van der Waals surface area contributed by atoms with E-state index in [-0.39, 0.29) is 6.04 Å². The summed E-state index contributed by atoms with van der Waals surface area (Å²) in [7, 11) is 0. The molecule has 0 radical (unpaired) electrons. The molecular weight excluding hydrogens is 252 g/mol. The summed E-state index contributed by atoms with van der Waals surface area (Å²) < 4.78 is 5.20. The minimum atomic E-state index is -0.224. The van der Waals surface area contributed by atoms with E-state index in [2.05, 4.69) is 21.2 Å². The van der Waals surface area contributed by atoms with E-state index in [9.17, 15) is 0 Å². The lowest BCUT2D eigenvalue weighted by Gasteiger charge is -2.03. The van der Waals surface area contributed by atoms with Gasteiger partial charge in [0.25, 0.3) is 0 Å². The van der Waals surface area contributed by atoms with Gasteiger partial charge in [-0.1, -0.05) is 30.3 Å². The topological polar surface area (TPSA) is 77.8 Å². The predicted octanol–water partition coefficient (Wildman–Crippen LogP) is 3.00. The van der Waals surface area contributed by atoms with Crippen LogP contribution < -0.4 is 5.73 Å². The molecule has 0 aliphatic heterocycles. The molecule has 5 nitrogen and oxygen atoms in total. The summed E-state index contributed by atoms with van der Waals surface area (Å²) in [5.74, 6) is 0.938. The number of aryl methyl sites for hydroxylation is 1. The number of fused-ring (bicyclic) bond motifs is 1. The Bertz CT molecular complexity index is 750. The molecule has 3 rings (SSSR count). The van der Waals surface area contributed by atoms with Crippen LogP contribution in [0.5, 0.6) is 0 Å². The first-order chi connectivity index (χ1) is 9.69. The smallest absolute Gasteiger partial charge is 0.243 e. The number of rotatable bonds is 3. The highest BCUT2D eigenvalue weighted by atomic mass is 16.5. The molecule has 1 aromatic carbocycles. The lowest BCUT2D eigenvalue weighted by Crippen LogP contribution is -2.08. The zero-order valence-corrected chi connectivity index (χ0v) is 11.5. The molecule has 2 N–H and O–H groups in total. The number of nitrogens with two attached hydrogens (primary N) is 1. The molecule has 5 heteroatoms. The van der Waals surface area contributed by atoms with Crippen molar-refractivity contribution in [3.8, 4) is 11.5 Å². The van der Waals surface area contributed by atoms with E-state index in [0.717, 1.165) is 22.9 Å². The molecule has 0 fully saturated rings. The van der Waals surface area contributed by atoms with E-state index >= 15 is 0 Å². The Balaban J connectivity index is 2.08. The molecule has 0 bridgehead atoms. The van der Waals surface area contributed by atoms with Gasteiger partial charge in [-0.25, -0.2) is 4.98 Å².